The molecule has 1 amide bonds. The Morgan fingerprint density at radius 2 is 2.12 bits per heavy atom. The van der Waals surface area contributed by atoms with Gasteiger partial charge in [0.05, 0.1) is 11.5 Å². The lowest BCUT2D eigenvalue weighted by atomic mass is 9.91. The summed E-state index contributed by atoms with van der Waals surface area (Å²) in [6.45, 7) is 1.69. The average molecular weight is 225 g/mol. The Morgan fingerprint density at radius 1 is 1.50 bits per heavy atom. The highest BCUT2D eigenvalue weighted by molar-refractivity contribution is 5.93. The van der Waals surface area contributed by atoms with Crippen molar-refractivity contribution in [2.24, 2.45) is 5.73 Å². The molecule has 86 valence electrons. The number of aromatic carboxylic acids is 1. The highest BCUT2D eigenvalue weighted by Crippen LogP contribution is 2.25. The van der Waals surface area contributed by atoms with Gasteiger partial charge in [0.1, 0.15) is 5.82 Å². The van der Waals surface area contributed by atoms with E-state index in [1.54, 1.807) is 6.92 Å². The molecule has 1 aromatic carbocycles. The number of carboxylic acid groups (broad SMARTS) is 1. The molecule has 0 aliphatic rings. The van der Waals surface area contributed by atoms with Gasteiger partial charge in [0, 0.05) is 0 Å². The molecule has 0 radical (unpaired) electrons. The number of carbonyl (C=O) groups is 2. The number of primary amides is 1. The summed E-state index contributed by atoms with van der Waals surface area (Å²) in [5.41, 5.74) is 4.79. The Kier molecular flexibility index (Phi) is 3.60. The maximum atomic E-state index is 13.3. The predicted molar refractivity (Wildman–Crippen MR) is 55.6 cm³/mol. The molecular formula is C11H12FNO3. The zero-order valence-electron chi connectivity index (χ0n) is 8.74. The van der Waals surface area contributed by atoms with Gasteiger partial charge in [-0.15, -0.1) is 0 Å². The largest absolute Gasteiger partial charge is 0.478 e. The Bertz CT molecular complexity index is 431. The fourth-order valence-electron chi connectivity index (χ4n) is 1.63. The van der Waals surface area contributed by atoms with Gasteiger partial charge in [0.2, 0.25) is 5.91 Å². The van der Waals surface area contributed by atoms with Crippen molar-refractivity contribution in [3.63, 3.8) is 0 Å². The molecule has 16 heavy (non-hydrogen) atoms. The van der Waals surface area contributed by atoms with Gasteiger partial charge in [-0.05, 0) is 18.1 Å². The molecule has 1 rings (SSSR count). The molecular weight excluding hydrogens is 213 g/mol. The second kappa shape index (κ2) is 4.74. The third kappa shape index (κ3) is 2.18. The first-order valence-corrected chi connectivity index (χ1v) is 4.80. The van der Waals surface area contributed by atoms with Crippen LogP contribution in [0.1, 0.15) is 35.2 Å². The van der Waals surface area contributed by atoms with Crippen LogP contribution < -0.4 is 5.73 Å². The Balaban J connectivity index is 3.37. The number of nitrogens with two attached hydrogens (primary N) is 1. The van der Waals surface area contributed by atoms with Crippen LogP contribution in [0, 0.1) is 5.82 Å². The molecule has 1 aromatic rings. The first-order valence-electron chi connectivity index (χ1n) is 4.80. The van der Waals surface area contributed by atoms with Crippen molar-refractivity contribution in [1.29, 1.82) is 0 Å². The van der Waals surface area contributed by atoms with Crippen LogP contribution >= 0.6 is 0 Å². The van der Waals surface area contributed by atoms with Crippen molar-refractivity contribution >= 4 is 11.9 Å². The van der Waals surface area contributed by atoms with Crippen LogP contribution in [0.5, 0.6) is 0 Å². The van der Waals surface area contributed by atoms with Gasteiger partial charge in [-0.3, -0.25) is 4.79 Å². The second-order valence-electron chi connectivity index (χ2n) is 3.37. The molecule has 0 aliphatic heterocycles. The summed E-state index contributed by atoms with van der Waals surface area (Å²) >= 11 is 0. The number of carboxylic acids is 1. The van der Waals surface area contributed by atoms with E-state index < -0.39 is 29.2 Å². The van der Waals surface area contributed by atoms with Crippen LogP contribution in [-0.2, 0) is 4.79 Å². The minimum Gasteiger partial charge on any atom is -0.478 e. The molecule has 3 N–H and O–H groups in total. The normalized spacial score (nSPS) is 12.1. The van der Waals surface area contributed by atoms with E-state index in [9.17, 15) is 14.0 Å². The topological polar surface area (TPSA) is 80.4 Å². The second-order valence-corrected chi connectivity index (χ2v) is 3.37. The first-order chi connectivity index (χ1) is 7.49. The number of halogens is 1. The Labute approximate surface area is 91.9 Å². The molecule has 0 saturated heterocycles. The summed E-state index contributed by atoms with van der Waals surface area (Å²) in [4.78, 5) is 22.0. The van der Waals surface area contributed by atoms with Crippen LogP contribution in [0.15, 0.2) is 18.2 Å². The minimum absolute atomic E-state index is 0.127. The predicted octanol–water partition coefficient (Wildman–Crippen LogP) is 1.50. The molecule has 0 spiro atoms. The lowest BCUT2D eigenvalue weighted by Gasteiger charge is -2.14. The third-order valence-corrected chi connectivity index (χ3v) is 2.39. The van der Waals surface area contributed by atoms with Crippen LogP contribution in [0.25, 0.3) is 0 Å². The standard InChI is InChI=1S/C11H12FNO3/c1-2-6(10(13)14)7-4-3-5-8(12)9(7)11(15)16/h3-6H,2H2,1H3,(H2,13,14)(H,15,16). The van der Waals surface area contributed by atoms with Crippen LogP contribution in [-0.4, -0.2) is 17.0 Å². The van der Waals surface area contributed by atoms with Crippen molar-refractivity contribution in [3.8, 4) is 0 Å². The van der Waals surface area contributed by atoms with E-state index in [1.165, 1.54) is 12.1 Å². The lowest BCUT2D eigenvalue weighted by molar-refractivity contribution is -0.119. The van der Waals surface area contributed by atoms with E-state index in [2.05, 4.69) is 0 Å². The zero-order chi connectivity index (χ0) is 12.3. The fraction of sp³-hybridized carbons (Fsp3) is 0.273. The summed E-state index contributed by atoms with van der Waals surface area (Å²) in [5.74, 6) is -3.69. The smallest absolute Gasteiger partial charge is 0.338 e. The van der Waals surface area contributed by atoms with E-state index in [4.69, 9.17) is 10.8 Å². The molecule has 0 fully saturated rings. The number of benzene rings is 1. The highest BCUT2D eigenvalue weighted by Gasteiger charge is 2.24. The van der Waals surface area contributed by atoms with Crippen LogP contribution in [0.3, 0.4) is 0 Å². The zero-order valence-corrected chi connectivity index (χ0v) is 8.74. The molecule has 0 heterocycles. The van der Waals surface area contributed by atoms with Crippen molar-refractivity contribution in [3.05, 3.63) is 35.1 Å². The molecule has 4 nitrogen and oxygen atoms in total. The van der Waals surface area contributed by atoms with E-state index in [-0.39, 0.29) is 5.56 Å². The maximum absolute atomic E-state index is 13.3. The van der Waals surface area contributed by atoms with Gasteiger partial charge in [0.25, 0.3) is 0 Å². The Hall–Kier alpha value is -1.91. The molecule has 5 heteroatoms. The van der Waals surface area contributed by atoms with Gasteiger partial charge < -0.3 is 10.8 Å². The van der Waals surface area contributed by atoms with E-state index in [0.717, 1.165) is 6.07 Å². The average Bonchev–Trinajstić information content (AvgIpc) is 2.17. The molecule has 0 aliphatic carbocycles. The summed E-state index contributed by atoms with van der Waals surface area (Å²) < 4.78 is 13.3. The van der Waals surface area contributed by atoms with Gasteiger partial charge in [-0.25, -0.2) is 9.18 Å². The van der Waals surface area contributed by atoms with Gasteiger partial charge >= 0.3 is 5.97 Å². The van der Waals surface area contributed by atoms with Gasteiger partial charge in [0.15, 0.2) is 0 Å². The first kappa shape index (κ1) is 12.2. The van der Waals surface area contributed by atoms with E-state index in [0.29, 0.717) is 6.42 Å². The number of rotatable bonds is 4. The third-order valence-electron chi connectivity index (χ3n) is 2.39. The minimum atomic E-state index is -1.40. The van der Waals surface area contributed by atoms with Crippen molar-refractivity contribution in [2.45, 2.75) is 19.3 Å². The molecule has 0 bridgehead atoms. The van der Waals surface area contributed by atoms with E-state index in [1.807, 2.05) is 0 Å². The van der Waals surface area contributed by atoms with Crippen LogP contribution in [0.2, 0.25) is 0 Å². The summed E-state index contributed by atoms with van der Waals surface area (Å²) in [6, 6.07) is 3.81. The quantitative estimate of drug-likeness (QED) is 0.814. The molecule has 0 aromatic heterocycles. The monoisotopic (exact) mass is 225 g/mol. The lowest BCUT2D eigenvalue weighted by Crippen LogP contribution is -2.23. The number of hydrogen-bond donors (Lipinski definition) is 2. The molecule has 0 saturated carbocycles. The van der Waals surface area contributed by atoms with Gasteiger partial charge in [-0.2, -0.15) is 0 Å². The van der Waals surface area contributed by atoms with Crippen molar-refractivity contribution < 1.29 is 19.1 Å². The van der Waals surface area contributed by atoms with Crippen molar-refractivity contribution in [1.82, 2.24) is 0 Å². The van der Waals surface area contributed by atoms with Gasteiger partial charge in [-0.1, -0.05) is 19.1 Å². The molecule has 1 atom stereocenters. The highest BCUT2D eigenvalue weighted by atomic mass is 19.1. The number of amides is 1. The van der Waals surface area contributed by atoms with Crippen LogP contribution in [0.4, 0.5) is 4.39 Å². The van der Waals surface area contributed by atoms with Crippen molar-refractivity contribution in [2.75, 3.05) is 0 Å². The summed E-state index contributed by atoms with van der Waals surface area (Å²) in [5, 5.41) is 8.88. The number of hydrogen-bond acceptors (Lipinski definition) is 2. The fourth-order valence-corrected chi connectivity index (χ4v) is 1.63. The van der Waals surface area contributed by atoms with E-state index >= 15 is 0 Å². The number of carbonyl (C=O) groups excluding carboxylic acids is 1. The Morgan fingerprint density at radius 3 is 2.56 bits per heavy atom. The summed E-state index contributed by atoms with van der Waals surface area (Å²) in [6.07, 6.45) is 0.332. The SMILES string of the molecule is CCC(C(N)=O)c1cccc(F)c1C(=O)O. The maximum Gasteiger partial charge on any atom is 0.338 e. The molecule has 1 unspecified atom stereocenters. The summed E-state index contributed by atoms with van der Waals surface area (Å²) in [7, 11) is 0.